The van der Waals surface area contributed by atoms with Gasteiger partial charge in [-0.25, -0.2) is 9.97 Å². The average molecular weight is 286 g/mol. The van der Waals surface area contributed by atoms with Gasteiger partial charge < -0.3 is 15.4 Å². The van der Waals surface area contributed by atoms with E-state index in [0.29, 0.717) is 12.0 Å². The van der Waals surface area contributed by atoms with E-state index in [1.165, 1.54) is 12.8 Å². The number of para-hydroxylation sites is 1. The van der Waals surface area contributed by atoms with Gasteiger partial charge in [0.15, 0.2) is 0 Å². The van der Waals surface area contributed by atoms with Crippen LogP contribution in [-0.4, -0.2) is 36.2 Å². The lowest BCUT2D eigenvalue weighted by atomic mass is 9.93. The molecule has 0 radical (unpaired) electrons. The van der Waals surface area contributed by atoms with Gasteiger partial charge in [0.05, 0.1) is 6.10 Å². The third kappa shape index (κ3) is 3.08. The van der Waals surface area contributed by atoms with Crippen molar-refractivity contribution in [1.82, 2.24) is 15.3 Å². The molecule has 1 fully saturated rings. The quantitative estimate of drug-likeness (QED) is 0.904. The number of nitrogens with one attached hydrogen (secondary N) is 2. The van der Waals surface area contributed by atoms with Gasteiger partial charge in [0, 0.05) is 24.7 Å². The fraction of sp³-hybridized carbons (Fsp3) is 0.500. The molecule has 5 heteroatoms. The zero-order chi connectivity index (χ0) is 14.7. The number of ether oxygens (including phenoxy) is 1. The van der Waals surface area contributed by atoms with Crippen molar-refractivity contribution in [2.45, 2.75) is 37.8 Å². The summed E-state index contributed by atoms with van der Waals surface area (Å²) in [5.74, 6) is 1.48. The van der Waals surface area contributed by atoms with E-state index in [1.807, 2.05) is 38.5 Å². The summed E-state index contributed by atoms with van der Waals surface area (Å²) in [5, 5.41) is 7.34. The molecule has 2 N–H and O–H groups in total. The van der Waals surface area contributed by atoms with Crippen LogP contribution < -0.4 is 15.4 Å². The Hall–Kier alpha value is -1.88. The molecule has 0 unspecified atom stereocenters. The minimum Gasteiger partial charge on any atom is -0.488 e. The fourth-order valence-corrected chi connectivity index (χ4v) is 2.89. The van der Waals surface area contributed by atoms with Crippen molar-refractivity contribution in [3.63, 3.8) is 0 Å². The highest BCUT2D eigenvalue weighted by molar-refractivity contribution is 5.84. The van der Waals surface area contributed by atoms with Crippen LogP contribution in [0.15, 0.2) is 24.4 Å². The predicted molar refractivity (Wildman–Crippen MR) is 84.8 cm³/mol. The highest BCUT2D eigenvalue weighted by Crippen LogP contribution is 2.28. The molecule has 0 atom stereocenters. The normalized spacial score (nSPS) is 22.2. The summed E-state index contributed by atoms with van der Waals surface area (Å²) >= 11 is 0. The third-order valence-corrected chi connectivity index (χ3v) is 4.17. The molecule has 0 bridgehead atoms. The van der Waals surface area contributed by atoms with Gasteiger partial charge in [0.2, 0.25) is 5.95 Å². The molecule has 0 saturated heterocycles. The van der Waals surface area contributed by atoms with Crippen molar-refractivity contribution < 1.29 is 4.74 Å². The van der Waals surface area contributed by atoms with Crippen LogP contribution in [0.5, 0.6) is 5.75 Å². The van der Waals surface area contributed by atoms with E-state index >= 15 is 0 Å². The molecule has 1 aromatic heterocycles. The highest BCUT2D eigenvalue weighted by Gasteiger charge is 2.22. The SMILES string of the molecule is CNc1ncc2cccc(OC3CCC(NC)CC3)c2n1. The van der Waals surface area contributed by atoms with Crippen LogP contribution >= 0.6 is 0 Å². The molecule has 2 aromatic rings. The number of hydrogen-bond acceptors (Lipinski definition) is 5. The Kier molecular flexibility index (Phi) is 4.20. The number of nitrogens with zero attached hydrogens (tertiary/aromatic N) is 2. The first-order valence-electron chi connectivity index (χ1n) is 7.57. The maximum atomic E-state index is 6.22. The summed E-state index contributed by atoms with van der Waals surface area (Å²) in [6, 6.07) is 6.65. The van der Waals surface area contributed by atoms with Crippen molar-refractivity contribution >= 4 is 16.9 Å². The first-order chi connectivity index (χ1) is 10.3. The minimum absolute atomic E-state index is 0.285. The molecule has 1 aromatic carbocycles. The number of hydrogen-bond donors (Lipinski definition) is 2. The van der Waals surface area contributed by atoms with Crippen molar-refractivity contribution in [2.75, 3.05) is 19.4 Å². The summed E-state index contributed by atoms with van der Waals surface area (Å²) in [6.45, 7) is 0. The second kappa shape index (κ2) is 6.26. The fourth-order valence-electron chi connectivity index (χ4n) is 2.89. The molecule has 1 saturated carbocycles. The van der Waals surface area contributed by atoms with Crippen molar-refractivity contribution in [2.24, 2.45) is 0 Å². The van der Waals surface area contributed by atoms with Gasteiger partial charge in [0.1, 0.15) is 11.3 Å². The van der Waals surface area contributed by atoms with E-state index in [-0.39, 0.29) is 6.10 Å². The van der Waals surface area contributed by atoms with Gasteiger partial charge in [-0.05, 0) is 38.8 Å². The maximum Gasteiger partial charge on any atom is 0.223 e. The molecular formula is C16H22N4O. The Morgan fingerprint density at radius 2 is 1.95 bits per heavy atom. The summed E-state index contributed by atoms with van der Waals surface area (Å²) in [7, 11) is 3.86. The summed E-state index contributed by atoms with van der Waals surface area (Å²) < 4.78 is 6.22. The van der Waals surface area contributed by atoms with Gasteiger partial charge in [-0.3, -0.25) is 0 Å². The molecule has 1 heterocycles. The molecule has 21 heavy (non-hydrogen) atoms. The highest BCUT2D eigenvalue weighted by atomic mass is 16.5. The molecule has 1 aliphatic rings. The van der Waals surface area contributed by atoms with E-state index in [4.69, 9.17) is 4.74 Å². The second-order valence-corrected chi connectivity index (χ2v) is 5.52. The first kappa shape index (κ1) is 14.1. The molecule has 0 amide bonds. The molecule has 1 aliphatic carbocycles. The lowest BCUT2D eigenvalue weighted by molar-refractivity contribution is 0.143. The van der Waals surface area contributed by atoms with Crippen molar-refractivity contribution in [3.8, 4) is 5.75 Å². The number of anilines is 1. The minimum atomic E-state index is 0.285. The van der Waals surface area contributed by atoms with Crippen LogP contribution in [0.2, 0.25) is 0 Å². The number of aromatic nitrogens is 2. The molecular weight excluding hydrogens is 264 g/mol. The summed E-state index contributed by atoms with van der Waals surface area (Å²) in [4.78, 5) is 8.78. The Balaban J connectivity index is 1.80. The first-order valence-corrected chi connectivity index (χ1v) is 7.57. The van der Waals surface area contributed by atoms with Gasteiger partial charge >= 0.3 is 0 Å². The Labute approximate surface area is 125 Å². The number of fused-ring (bicyclic) bond motifs is 1. The van der Waals surface area contributed by atoms with E-state index in [9.17, 15) is 0 Å². The van der Waals surface area contributed by atoms with Crippen LogP contribution in [0.25, 0.3) is 10.9 Å². The van der Waals surface area contributed by atoms with Crippen LogP contribution in [-0.2, 0) is 0 Å². The van der Waals surface area contributed by atoms with Crippen molar-refractivity contribution in [1.29, 1.82) is 0 Å². The molecule has 3 rings (SSSR count). The van der Waals surface area contributed by atoms with E-state index < -0.39 is 0 Å². The lowest BCUT2D eigenvalue weighted by Gasteiger charge is -2.28. The molecule has 112 valence electrons. The van der Waals surface area contributed by atoms with Crippen molar-refractivity contribution in [3.05, 3.63) is 24.4 Å². The largest absolute Gasteiger partial charge is 0.488 e. The monoisotopic (exact) mass is 286 g/mol. The third-order valence-electron chi connectivity index (χ3n) is 4.17. The van der Waals surface area contributed by atoms with Crippen LogP contribution in [0, 0.1) is 0 Å². The Morgan fingerprint density at radius 1 is 1.14 bits per heavy atom. The Bertz CT molecular complexity index is 608. The van der Waals surface area contributed by atoms with E-state index in [1.54, 1.807) is 0 Å². The van der Waals surface area contributed by atoms with Crippen LogP contribution in [0.1, 0.15) is 25.7 Å². The van der Waals surface area contributed by atoms with Crippen LogP contribution in [0.4, 0.5) is 5.95 Å². The molecule has 5 nitrogen and oxygen atoms in total. The smallest absolute Gasteiger partial charge is 0.223 e. The maximum absolute atomic E-state index is 6.22. The van der Waals surface area contributed by atoms with Gasteiger partial charge in [-0.15, -0.1) is 0 Å². The predicted octanol–water partition coefficient (Wildman–Crippen LogP) is 2.58. The standard InChI is InChI=1S/C16H22N4O/c1-17-12-6-8-13(9-7-12)21-14-5-3-4-11-10-19-16(18-2)20-15(11)14/h3-5,10,12-13,17H,6-9H2,1-2H3,(H,18,19,20). The number of rotatable bonds is 4. The Morgan fingerprint density at radius 3 is 2.67 bits per heavy atom. The zero-order valence-corrected chi connectivity index (χ0v) is 12.6. The topological polar surface area (TPSA) is 59.1 Å². The number of benzene rings is 1. The lowest BCUT2D eigenvalue weighted by Crippen LogP contribution is -2.34. The summed E-state index contributed by atoms with van der Waals surface area (Å²) in [6.07, 6.45) is 6.63. The average Bonchev–Trinajstić information content (AvgIpc) is 2.55. The van der Waals surface area contributed by atoms with E-state index in [2.05, 4.69) is 20.6 Å². The van der Waals surface area contributed by atoms with E-state index in [0.717, 1.165) is 29.5 Å². The van der Waals surface area contributed by atoms with Gasteiger partial charge in [-0.2, -0.15) is 0 Å². The molecule has 0 spiro atoms. The van der Waals surface area contributed by atoms with Gasteiger partial charge in [-0.1, -0.05) is 12.1 Å². The zero-order valence-electron chi connectivity index (χ0n) is 12.6. The molecule has 0 aliphatic heterocycles. The summed E-state index contributed by atoms with van der Waals surface area (Å²) in [5.41, 5.74) is 0.882. The van der Waals surface area contributed by atoms with Crippen LogP contribution in [0.3, 0.4) is 0 Å². The van der Waals surface area contributed by atoms with Gasteiger partial charge in [0.25, 0.3) is 0 Å². The second-order valence-electron chi connectivity index (χ2n) is 5.52.